The van der Waals surface area contributed by atoms with Gasteiger partial charge >= 0.3 is 5.97 Å². The summed E-state index contributed by atoms with van der Waals surface area (Å²) in [5.41, 5.74) is 6.58. The maximum atomic E-state index is 12.6. The first kappa shape index (κ1) is 25.9. The third-order valence-electron chi connectivity index (χ3n) is 4.45. The van der Waals surface area contributed by atoms with E-state index in [9.17, 15) is 29.4 Å². The monoisotopic (exact) mass is 438 g/mol. The summed E-state index contributed by atoms with van der Waals surface area (Å²) in [7, 11) is 0. The first-order chi connectivity index (χ1) is 14.4. The predicted molar refractivity (Wildman–Crippen MR) is 111 cm³/mol. The number of aliphatic hydroxyl groups excluding tert-OH is 1. The highest BCUT2D eigenvalue weighted by Crippen LogP contribution is 2.11. The summed E-state index contributed by atoms with van der Waals surface area (Å²) in [6.45, 7) is 3.98. The molecule has 0 aromatic heterocycles. The minimum Gasteiger partial charge on any atom is -0.508 e. The van der Waals surface area contributed by atoms with Crippen LogP contribution in [0.1, 0.15) is 26.3 Å². The SMILES string of the molecule is CC(C)C(NC(=O)C(NC(=O)C(N)Cc1ccc(O)cc1)C(C)O)C(=O)NCC(=O)O. The molecule has 0 saturated heterocycles. The Kier molecular flexibility index (Phi) is 9.90. The van der Waals surface area contributed by atoms with Crippen LogP contribution >= 0.6 is 0 Å². The summed E-state index contributed by atoms with van der Waals surface area (Å²) in [5.74, 6) is -3.76. The first-order valence-electron chi connectivity index (χ1n) is 9.74. The number of phenols is 1. The maximum Gasteiger partial charge on any atom is 0.322 e. The smallest absolute Gasteiger partial charge is 0.322 e. The second-order valence-corrected chi connectivity index (χ2v) is 7.55. The number of nitrogens with one attached hydrogen (secondary N) is 3. The van der Waals surface area contributed by atoms with Crippen molar-refractivity contribution in [3.05, 3.63) is 29.8 Å². The number of aliphatic hydroxyl groups is 1. The summed E-state index contributed by atoms with van der Waals surface area (Å²) in [5, 5.41) is 35.0. The van der Waals surface area contributed by atoms with Crippen molar-refractivity contribution in [1.29, 1.82) is 0 Å². The van der Waals surface area contributed by atoms with Gasteiger partial charge in [-0.1, -0.05) is 26.0 Å². The van der Waals surface area contributed by atoms with Crippen molar-refractivity contribution in [1.82, 2.24) is 16.0 Å². The van der Waals surface area contributed by atoms with Gasteiger partial charge in [0.1, 0.15) is 24.4 Å². The molecule has 0 aliphatic heterocycles. The number of nitrogens with two attached hydrogens (primary N) is 1. The van der Waals surface area contributed by atoms with Crippen LogP contribution in [-0.2, 0) is 25.6 Å². The van der Waals surface area contributed by atoms with Crippen LogP contribution < -0.4 is 21.7 Å². The van der Waals surface area contributed by atoms with Gasteiger partial charge in [0, 0.05) is 0 Å². The fraction of sp³-hybridized carbons (Fsp3) is 0.500. The second-order valence-electron chi connectivity index (χ2n) is 7.55. The third kappa shape index (κ3) is 8.60. The molecule has 172 valence electrons. The average Bonchev–Trinajstić information content (AvgIpc) is 2.69. The molecule has 31 heavy (non-hydrogen) atoms. The van der Waals surface area contributed by atoms with Gasteiger partial charge in [0.05, 0.1) is 12.1 Å². The molecule has 0 fully saturated rings. The highest BCUT2D eigenvalue weighted by atomic mass is 16.4. The fourth-order valence-electron chi connectivity index (χ4n) is 2.69. The zero-order chi connectivity index (χ0) is 23.7. The highest BCUT2D eigenvalue weighted by Gasteiger charge is 2.32. The lowest BCUT2D eigenvalue weighted by molar-refractivity contribution is -0.139. The Morgan fingerprint density at radius 1 is 0.935 bits per heavy atom. The first-order valence-corrected chi connectivity index (χ1v) is 9.74. The molecule has 1 rings (SSSR count). The van der Waals surface area contributed by atoms with Crippen molar-refractivity contribution in [2.45, 2.75) is 51.4 Å². The van der Waals surface area contributed by atoms with E-state index in [-0.39, 0.29) is 18.1 Å². The molecule has 0 radical (unpaired) electrons. The van der Waals surface area contributed by atoms with Gasteiger partial charge in [0.15, 0.2) is 0 Å². The molecule has 0 saturated carbocycles. The molecule has 0 bridgehead atoms. The molecule has 11 nitrogen and oxygen atoms in total. The van der Waals surface area contributed by atoms with E-state index in [1.807, 2.05) is 0 Å². The van der Waals surface area contributed by atoms with Crippen molar-refractivity contribution < 1.29 is 34.5 Å². The molecule has 0 aliphatic rings. The molecule has 1 aromatic rings. The van der Waals surface area contributed by atoms with Crippen LogP contribution in [0.5, 0.6) is 5.75 Å². The molecule has 1 aromatic carbocycles. The molecule has 11 heteroatoms. The molecule has 0 spiro atoms. The van der Waals surface area contributed by atoms with E-state index in [0.717, 1.165) is 0 Å². The fourth-order valence-corrected chi connectivity index (χ4v) is 2.69. The number of phenolic OH excluding ortho intramolecular Hbond substituents is 1. The van der Waals surface area contributed by atoms with Gasteiger partial charge in [-0.3, -0.25) is 19.2 Å². The van der Waals surface area contributed by atoms with Crippen LogP contribution in [0.3, 0.4) is 0 Å². The van der Waals surface area contributed by atoms with Gasteiger partial charge in [-0.25, -0.2) is 0 Å². The van der Waals surface area contributed by atoms with Crippen LogP contribution in [0, 0.1) is 5.92 Å². The summed E-state index contributed by atoms with van der Waals surface area (Å²) >= 11 is 0. The van der Waals surface area contributed by atoms with E-state index in [0.29, 0.717) is 5.56 Å². The quantitative estimate of drug-likeness (QED) is 0.216. The standard InChI is InChI=1S/C20H30N4O7/c1-10(2)16(19(30)22-9-15(27)28)23-20(31)17(11(3)25)24-18(29)14(21)8-12-4-6-13(26)7-5-12/h4-7,10-11,14,16-17,25-26H,8-9,21H2,1-3H3,(H,22,30)(H,23,31)(H,24,29)(H,27,28). The van der Waals surface area contributed by atoms with Crippen molar-refractivity contribution in [3.8, 4) is 5.75 Å². The van der Waals surface area contributed by atoms with Crippen LogP contribution in [0.2, 0.25) is 0 Å². The number of benzene rings is 1. The topological polar surface area (TPSA) is 191 Å². The number of carboxylic acids is 1. The lowest BCUT2D eigenvalue weighted by Crippen LogP contribution is -2.60. The molecular formula is C20H30N4O7. The van der Waals surface area contributed by atoms with Crippen LogP contribution in [-0.4, -0.2) is 69.8 Å². The minimum atomic E-state index is -1.38. The predicted octanol–water partition coefficient (Wildman–Crippen LogP) is -1.53. The van der Waals surface area contributed by atoms with E-state index in [4.69, 9.17) is 10.8 Å². The Morgan fingerprint density at radius 3 is 1.97 bits per heavy atom. The number of aromatic hydroxyl groups is 1. The van der Waals surface area contributed by atoms with E-state index >= 15 is 0 Å². The summed E-state index contributed by atoms with van der Waals surface area (Å²) < 4.78 is 0. The molecular weight excluding hydrogens is 408 g/mol. The summed E-state index contributed by atoms with van der Waals surface area (Å²) in [4.78, 5) is 47.9. The average molecular weight is 438 g/mol. The molecule has 3 amide bonds. The molecule has 0 heterocycles. The molecule has 4 unspecified atom stereocenters. The number of carbonyl (C=O) groups is 4. The second kappa shape index (κ2) is 11.9. The maximum absolute atomic E-state index is 12.6. The van der Waals surface area contributed by atoms with Gasteiger partial charge in [-0.2, -0.15) is 0 Å². The number of carboxylic acid groups (broad SMARTS) is 1. The van der Waals surface area contributed by atoms with E-state index in [1.54, 1.807) is 26.0 Å². The number of aliphatic carboxylic acids is 1. The largest absolute Gasteiger partial charge is 0.508 e. The zero-order valence-corrected chi connectivity index (χ0v) is 17.7. The van der Waals surface area contributed by atoms with Gasteiger partial charge in [-0.05, 0) is 37.0 Å². The Labute approximate surface area is 180 Å². The third-order valence-corrected chi connectivity index (χ3v) is 4.45. The highest BCUT2D eigenvalue weighted by molar-refractivity contribution is 5.94. The lowest BCUT2D eigenvalue weighted by Gasteiger charge is -2.27. The van der Waals surface area contributed by atoms with E-state index in [1.165, 1.54) is 19.1 Å². The number of hydrogen-bond donors (Lipinski definition) is 7. The Morgan fingerprint density at radius 2 is 1.48 bits per heavy atom. The molecule has 4 atom stereocenters. The van der Waals surface area contributed by atoms with Crippen LogP contribution in [0.15, 0.2) is 24.3 Å². The summed E-state index contributed by atoms with van der Waals surface area (Å²) in [6, 6.07) is 2.62. The van der Waals surface area contributed by atoms with Gasteiger partial charge in [0.25, 0.3) is 0 Å². The zero-order valence-electron chi connectivity index (χ0n) is 17.7. The number of amides is 3. The normalized spacial score (nSPS) is 14.8. The number of rotatable bonds is 11. The van der Waals surface area contributed by atoms with Crippen LogP contribution in [0.25, 0.3) is 0 Å². The molecule has 0 aliphatic carbocycles. The Hall–Kier alpha value is -3.18. The minimum absolute atomic E-state index is 0.0692. The van der Waals surface area contributed by atoms with E-state index < -0.39 is 54.5 Å². The van der Waals surface area contributed by atoms with Crippen molar-refractivity contribution in [2.75, 3.05) is 6.54 Å². The van der Waals surface area contributed by atoms with Crippen molar-refractivity contribution in [2.24, 2.45) is 11.7 Å². The molecule has 8 N–H and O–H groups in total. The van der Waals surface area contributed by atoms with E-state index in [2.05, 4.69) is 16.0 Å². The summed E-state index contributed by atoms with van der Waals surface area (Å²) in [6.07, 6.45) is -1.16. The number of hydrogen-bond acceptors (Lipinski definition) is 7. The van der Waals surface area contributed by atoms with Gasteiger partial charge in [0.2, 0.25) is 17.7 Å². The Bertz CT molecular complexity index is 780. The van der Waals surface area contributed by atoms with Gasteiger partial charge in [-0.15, -0.1) is 0 Å². The van der Waals surface area contributed by atoms with Crippen molar-refractivity contribution >= 4 is 23.7 Å². The van der Waals surface area contributed by atoms with Gasteiger partial charge < -0.3 is 37.0 Å². The van der Waals surface area contributed by atoms with Crippen molar-refractivity contribution in [3.63, 3.8) is 0 Å². The van der Waals surface area contributed by atoms with Crippen LogP contribution in [0.4, 0.5) is 0 Å². The number of carbonyl (C=O) groups excluding carboxylic acids is 3. The Balaban J connectivity index is 2.80. The lowest BCUT2D eigenvalue weighted by atomic mass is 10.0.